The highest BCUT2D eigenvalue weighted by Crippen LogP contribution is 2.28. The molecule has 2 aliphatic rings. The zero-order valence-corrected chi connectivity index (χ0v) is 10.7. The molecule has 6 heteroatoms. The molecule has 1 aromatic carbocycles. The normalized spacial score (nSPS) is 22.7. The predicted molar refractivity (Wildman–Crippen MR) is 68.9 cm³/mol. The highest BCUT2D eigenvalue weighted by molar-refractivity contribution is 7.90. The van der Waals surface area contributed by atoms with Crippen LogP contribution in [0.2, 0.25) is 0 Å². The molecular formula is C12H15N3O2S. The molecule has 3 rings (SSSR count). The fraction of sp³-hybridized carbons (Fsp3) is 0.417. The van der Waals surface area contributed by atoms with Gasteiger partial charge in [-0.25, -0.2) is 0 Å². The molecule has 2 heterocycles. The lowest BCUT2D eigenvalue weighted by molar-refractivity contribution is 0.314. The third-order valence-electron chi connectivity index (χ3n) is 3.45. The number of piperidine rings is 1. The van der Waals surface area contributed by atoms with Gasteiger partial charge in [-0.3, -0.25) is 0 Å². The number of hydrogen-bond donors (Lipinski definition) is 1. The van der Waals surface area contributed by atoms with Crippen molar-refractivity contribution in [3.8, 4) is 0 Å². The van der Waals surface area contributed by atoms with Crippen molar-refractivity contribution in [2.24, 2.45) is 10.1 Å². The Morgan fingerprint density at radius 2 is 1.89 bits per heavy atom. The number of likely N-dealkylation sites (tertiary alicyclic amines) is 1. The Morgan fingerprint density at radius 1 is 1.22 bits per heavy atom. The van der Waals surface area contributed by atoms with Crippen LogP contribution >= 0.6 is 0 Å². The summed E-state index contributed by atoms with van der Waals surface area (Å²) in [6, 6.07) is 7.20. The first-order valence-electron chi connectivity index (χ1n) is 6.03. The number of benzene rings is 1. The first-order chi connectivity index (χ1) is 8.58. The van der Waals surface area contributed by atoms with Crippen molar-refractivity contribution in [3.63, 3.8) is 0 Å². The van der Waals surface area contributed by atoms with Crippen LogP contribution in [0.15, 0.2) is 33.6 Å². The highest BCUT2D eigenvalue weighted by Gasteiger charge is 2.32. The summed E-state index contributed by atoms with van der Waals surface area (Å²) < 4.78 is 27.8. The monoisotopic (exact) mass is 265 g/mol. The Hall–Kier alpha value is -1.40. The van der Waals surface area contributed by atoms with Crippen molar-refractivity contribution in [2.45, 2.75) is 23.8 Å². The van der Waals surface area contributed by atoms with Crippen molar-refractivity contribution < 1.29 is 8.42 Å². The maximum absolute atomic E-state index is 11.9. The summed E-state index contributed by atoms with van der Waals surface area (Å²) in [7, 11) is -3.50. The molecule has 2 aliphatic heterocycles. The Labute approximate surface area is 106 Å². The lowest BCUT2D eigenvalue weighted by Gasteiger charge is -2.31. The van der Waals surface area contributed by atoms with Gasteiger partial charge in [0.05, 0.1) is 0 Å². The van der Waals surface area contributed by atoms with Crippen LogP contribution in [0.1, 0.15) is 18.4 Å². The van der Waals surface area contributed by atoms with Gasteiger partial charge in [0.2, 0.25) is 0 Å². The molecule has 0 atom stereocenters. The van der Waals surface area contributed by atoms with Crippen molar-refractivity contribution in [1.82, 2.24) is 4.90 Å². The van der Waals surface area contributed by atoms with Gasteiger partial charge >= 0.3 is 0 Å². The highest BCUT2D eigenvalue weighted by atomic mass is 32.2. The number of sulfonamides is 1. The third-order valence-corrected chi connectivity index (χ3v) is 4.78. The first-order valence-corrected chi connectivity index (χ1v) is 7.47. The average Bonchev–Trinajstić information content (AvgIpc) is 2.63. The molecule has 0 saturated carbocycles. The average molecular weight is 265 g/mol. The van der Waals surface area contributed by atoms with Crippen LogP contribution in [0.3, 0.4) is 0 Å². The Bertz CT molecular complexity index is 602. The molecule has 0 aromatic heterocycles. The number of hydrogen-bond acceptors (Lipinski definition) is 4. The molecule has 0 amide bonds. The third kappa shape index (κ3) is 1.81. The molecule has 1 fully saturated rings. The predicted octanol–water partition coefficient (Wildman–Crippen LogP) is 0.559. The summed E-state index contributed by atoms with van der Waals surface area (Å²) in [6.45, 7) is 1.54. The van der Waals surface area contributed by atoms with E-state index in [0.717, 1.165) is 25.9 Å². The zero-order valence-electron chi connectivity index (χ0n) is 9.91. The number of rotatable bonds is 0. The number of fused-ring (bicyclic) bond motifs is 1. The van der Waals surface area contributed by atoms with Crippen molar-refractivity contribution >= 4 is 15.9 Å². The summed E-state index contributed by atoms with van der Waals surface area (Å²) in [6.07, 6.45) is 1.75. The second kappa shape index (κ2) is 4.07. The van der Waals surface area contributed by atoms with Gasteiger partial charge in [-0.05, 0) is 25.0 Å². The molecule has 1 aromatic rings. The first kappa shape index (κ1) is 11.7. The van der Waals surface area contributed by atoms with E-state index in [1.807, 2.05) is 17.0 Å². The molecule has 0 unspecified atom stereocenters. The smallest absolute Gasteiger partial charge is 0.285 e. The van der Waals surface area contributed by atoms with Crippen LogP contribution in [0.4, 0.5) is 0 Å². The molecule has 5 nitrogen and oxygen atoms in total. The maximum Gasteiger partial charge on any atom is 0.285 e. The molecule has 18 heavy (non-hydrogen) atoms. The fourth-order valence-corrected chi connectivity index (χ4v) is 3.66. The van der Waals surface area contributed by atoms with Crippen LogP contribution in [0.5, 0.6) is 0 Å². The van der Waals surface area contributed by atoms with E-state index in [-0.39, 0.29) is 6.04 Å². The van der Waals surface area contributed by atoms with Gasteiger partial charge in [0.1, 0.15) is 4.90 Å². The van der Waals surface area contributed by atoms with Crippen molar-refractivity contribution in [3.05, 3.63) is 29.8 Å². The van der Waals surface area contributed by atoms with Gasteiger partial charge in [-0.15, -0.1) is 4.40 Å². The van der Waals surface area contributed by atoms with Crippen molar-refractivity contribution in [1.29, 1.82) is 0 Å². The summed E-state index contributed by atoms with van der Waals surface area (Å²) in [4.78, 5) is 2.34. The maximum atomic E-state index is 11.9. The van der Waals surface area contributed by atoms with E-state index in [9.17, 15) is 8.42 Å². The minimum atomic E-state index is -3.50. The van der Waals surface area contributed by atoms with Crippen LogP contribution in [-0.2, 0) is 10.0 Å². The Kier molecular flexibility index (Phi) is 2.64. The summed E-state index contributed by atoms with van der Waals surface area (Å²) in [5, 5.41) is 0. The molecule has 0 radical (unpaired) electrons. The van der Waals surface area contributed by atoms with Gasteiger partial charge in [0, 0.05) is 24.7 Å². The number of nitrogens with two attached hydrogens (primary N) is 1. The van der Waals surface area contributed by atoms with E-state index in [1.54, 1.807) is 12.1 Å². The van der Waals surface area contributed by atoms with E-state index in [0.29, 0.717) is 16.3 Å². The van der Waals surface area contributed by atoms with E-state index >= 15 is 0 Å². The largest absolute Gasteiger partial charge is 0.355 e. The molecule has 1 saturated heterocycles. The number of amidine groups is 1. The summed E-state index contributed by atoms with van der Waals surface area (Å²) in [5.74, 6) is 0.581. The van der Waals surface area contributed by atoms with Gasteiger partial charge in [0.15, 0.2) is 5.84 Å². The van der Waals surface area contributed by atoms with E-state index in [2.05, 4.69) is 4.40 Å². The minimum Gasteiger partial charge on any atom is -0.355 e. The van der Waals surface area contributed by atoms with E-state index in [1.165, 1.54) is 0 Å². The SMILES string of the molecule is NC1CCN(C2=NS(=O)(=O)c3ccccc32)CC1. The summed E-state index contributed by atoms with van der Waals surface area (Å²) >= 11 is 0. The Balaban J connectivity index is 1.99. The molecule has 2 N–H and O–H groups in total. The van der Waals surface area contributed by atoms with Crippen molar-refractivity contribution in [2.75, 3.05) is 13.1 Å². The molecule has 0 spiro atoms. The van der Waals surface area contributed by atoms with Crippen LogP contribution in [-0.4, -0.2) is 38.3 Å². The topological polar surface area (TPSA) is 75.8 Å². The van der Waals surface area contributed by atoms with Gasteiger partial charge < -0.3 is 10.6 Å². The van der Waals surface area contributed by atoms with Gasteiger partial charge in [-0.2, -0.15) is 8.42 Å². The minimum absolute atomic E-state index is 0.218. The van der Waals surface area contributed by atoms with Crippen LogP contribution in [0.25, 0.3) is 0 Å². The van der Waals surface area contributed by atoms with E-state index in [4.69, 9.17) is 5.73 Å². The molecule has 96 valence electrons. The summed E-state index contributed by atoms with van der Waals surface area (Å²) in [5.41, 5.74) is 6.57. The van der Waals surface area contributed by atoms with Gasteiger partial charge in [0.25, 0.3) is 10.0 Å². The Morgan fingerprint density at radius 3 is 2.61 bits per heavy atom. The fourth-order valence-electron chi connectivity index (χ4n) is 2.43. The standard InChI is InChI=1S/C12H15N3O2S/c13-9-5-7-15(8-6-9)12-10-3-1-2-4-11(10)18(16,17)14-12/h1-4,9H,5-8,13H2. The van der Waals surface area contributed by atoms with Gasteiger partial charge in [-0.1, -0.05) is 12.1 Å². The second-order valence-electron chi connectivity index (χ2n) is 4.71. The number of nitrogens with zero attached hydrogens (tertiary/aromatic N) is 2. The molecule has 0 bridgehead atoms. The lowest BCUT2D eigenvalue weighted by atomic mass is 10.0. The van der Waals surface area contributed by atoms with E-state index < -0.39 is 10.0 Å². The van der Waals surface area contributed by atoms with Crippen LogP contribution < -0.4 is 5.73 Å². The lowest BCUT2D eigenvalue weighted by Crippen LogP contribution is -2.42. The quantitative estimate of drug-likeness (QED) is 0.743. The second-order valence-corrected chi connectivity index (χ2v) is 6.28. The zero-order chi connectivity index (χ0) is 12.8. The molecule has 0 aliphatic carbocycles. The molecular weight excluding hydrogens is 250 g/mol. The van der Waals surface area contributed by atoms with Crippen LogP contribution in [0, 0.1) is 0 Å².